The average molecular weight is 489 g/mol. The average Bonchev–Trinajstić information content (AvgIpc) is 3.50. The Morgan fingerprint density at radius 3 is 2.67 bits per heavy atom. The molecule has 0 radical (unpaired) electrons. The number of nitrogens with zero attached hydrogens (tertiary/aromatic N) is 7. The summed E-state index contributed by atoms with van der Waals surface area (Å²) in [6.45, 7) is 5.18. The highest BCUT2D eigenvalue weighted by atomic mass is 16.2. The number of pyridine rings is 2. The van der Waals surface area contributed by atoms with Crippen LogP contribution in [-0.4, -0.2) is 56.6 Å². The number of Topliss-reactive ketones (excluding diaryl/α,β-unsaturated/α-hetero) is 1. The zero-order valence-electron chi connectivity index (χ0n) is 21.2. The minimum atomic E-state index is -0.0833. The minimum Gasteiger partial charge on any atom is -0.357 e. The molecule has 1 amide bonds. The highest BCUT2D eigenvalue weighted by molar-refractivity contribution is 6.10. The van der Waals surface area contributed by atoms with Crippen molar-refractivity contribution in [2.45, 2.75) is 64.7 Å². The van der Waals surface area contributed by atoms with E-state index in [2.05, 4.69) is 34.3 Å². The Labute approximate surface area is 210 Å². The number of hydrogen-bond donors (Lipinski definition) is 1. The second-order valence-corrected chi connectivity index (χ2v) is 9.79. The van der Waals surface area contributed by atoms with Gasteiger partial charge in [-0.3, -0.25) is 14.5 Å². The van der Waals surface area contributed by atoms with Crippen LogP contribution in [-0.2, 0) is 17.9 Å². The van der Waals surface area contributed by atoms with Crippen molar-refractivity contribution in [1.82, 2.24) is 30.0 Å². The van der Waals surface area contributed by atoms with E-state index in [1.54, 1.807) is 11.2 Å². The molecule has 1 aliphatic carbocycles. The van der Waals surface area contributed by atoms with Gasteiger partial charge in [-0.25, -0.2) is 9.97 Å². The van der Waals surface area contributed by atoms with Crippen molar-refractivity contribution in [2.24, 2.45) is 0 Å². The SMILES string of the molecule is CNCc1nc(N(C)C(C)C)cc2c1CN(c1cccc(-c3nncn3C3CCC(=O)CC3)n1)C2=O. The molecule has 1 fully saturated rings. The molecule has 10 heteroatoms. The molecular weight excluding hydrogens is 456 g/mol. The topological polar surface area (TPSA) is 109 Å². The molecule has 4 heterocycles. The number of nitrogens with one attached hydrogen (secondary N) is 1. The summed E-state index contributed by atoms with van der Waals surface area (Å²) in [5.74, 6) is 2.23. The normalized spacial score (nSPS) is 16.2. The zero-order chi connectivity index (χ0) is 25.4. The maximum absolute atomic E-state index is 13.6. The Bertz CT molecular complexity index is 1290. The first-order valence-electron chi connectivity index (χ1n) is 12.5. The van der Waals surface area contributed by atoms with Crippen LogP contribution in [0.15, 0.2) is 30.6 Å². The molecule has 36 heavy (non-hydrogen) atoms. The molecular formula is C26H32N8O2. The van der Waals surface area contributed by atoms with Gasteiger partial charge in [0.15, 0.2) is 5.82 Å². The van der Waals surface area contributed by atoms with Gasteiger partial charge in [0.1, 0.15) is 29.4 Å². The van der Waals surface area contributed by atoms with Crippen LogP contribution >= 0.6 is 0 Å². The van der Waals surface area contributed by atoms with Gasteiger partial charge >= 0.3 is 0 Å². The lowest BCUT2D eigenvalue weighted by Crippen LogP contribution is -2.27. The fourth-order valence-electron chi connectivity index (χ4n) is 4.89. The molecule has 3 aromatic heterocycles. The van der Waals surface area contributed by atoms with Gasteiger partial charge in [0.05, 0.1) is 17.8 Å². The van der Waals surface area contributed by atoms with Crippen molar-refractivity contribution < 1.29 is 9.59 Å². The summed E-state index contributed by atoms with van der Waals surface area (Å²) in [6.07, 6.45) is 4.42. The number of ketones is 1. The van der Waals surface area contributed by atoms with Crippen LogP contribution in [0.5, 0.6) is 0 Å². The fraction of sp³-hybridized carbons (Fsp3) is 0.462. The molecule has 1 saturated carbocycles. The van der Waals surface area contributed by atoms with E-state index < -0.39 is 0 Å². The number of carbonyl (C=O) groups is 2. The molecule has 5 rings (SSSR count). The second kappa shape index (κ2) is 9.77. The van der Waals surface area contributed by atoms with Crippen LogP contribution in [0.4, 0.5) is 11.6 Å². The molecule has 10 nitrogen and oxygen atoms in total. The van der Waals surface area contributed by atoms with E-state index >= 15 is 0 Å². The molecule has 0 spiro atoms. The lowest BCUT2D eigenvalue weighted by Gasteiger charge is -2.24. The van der Waals surface area contributed by atoms with Crippen molar-refractivity contribution in [1.29, 1.82) is 0 Å². The highest BCUT2D eigenvalue weighted by Crippen LogP contribution is 2.34. The molecule has 0 bridgehead atoms. The van der Waals surface area contributed by atoms with E-state index in [-0.39, 0.29) is 18.0 Å². The number of carbonyl (C=O) groups excluding carboxylic acids is 2. The molecule has 1 aliphatic heterocycles. The van der Waals surface area contributed by atoms with Gasteiger partial charge < -0.3 is 14.8 Å². The van der Waals surface area contributed by atoms with Gasteiger partial charge in [0.25, 0.3) is 5.91 Å². The molecule has 0 unspecified atom stereocenters. The van der Waals surface area contributed by atoms with Crippen molar-refractivity contribution in [3.8, 4) is 11.5 Å². The van der Waals surface area contributed by atoms with Gasteiger partial charge in [0, 0.05) is 44.1 Å². The van der Waals surface area contributed by atoms with Gasteiger partial charge in [-0.05, 0) is 51.9 Å². The van der Waals surface area contributed by atoms with Crippen molar-refractivity contribution in [3.05, 3.63) is 47.4 Å². The Morgan fingerprint density at radius 1 is 1.17 bits per heavy atom. The van der Waals surface area contributed by atoms with Gasteiger partial charge in [-0.15, -0.1) is 10.2 Å². The minimum absolute atomic E-state index is 0.0833. The standard InChI is InChI=1S/C26H32N8O2/c1-16(2)32(4)24-12-19-20(22(30-24)13-27-3)14-33(26(19)36)23-7-5-6-21(29-23)25-31-28-15-34(25)17-8-10-18(35)11-9-17/h5-7,12,15-17,27H,8-11,13-14H2,1-4H3. The monoisotopic (exact) mass is 488 g/mol. The van der Waals surface area contributed by atoms with Crippen LogP contribution < -0.4 is 15.1 Å². The van der Waals surface area contributed by atoms with E-state index in [1.807, 2.05) is 42.9 Å². The summed E-state index contributed by atoms with van der Waals surface area (Å²) < 4.78 is 2.02. The van der Waals surface area contributed by atoms with Crippen molar-refractivity contribution >= 4 is 23.3 Å². The number of rotatable bonds is 7. The quantitative estimate of drug-likeness (QED) is 0.540. The summed E-state index contributed by atoms with van der Waals surface area (Å²) in [4.78, 5) is 38.8. The molecule has 3 aromatic rings. The third kappa shape index (κ3) is 4.37. The van der Waals surface area contributed by atoms with Crippen LogP contribution in [0.1, 0.15) is 67.2 Å². The summed E-state index contributed by atoms with van der Waals surface area (Å²) in [5, 5.41) is 11.6. The number of anilines is 2. The van der Waals surface area contributed by atoms with Gasteiger partial charge in [-0.2, -0.15) is 0 Å². The third-order valence-electron chi connectivity index (χ3n) is 7.19. The van der Waals surface area contributed by atoms with E-state index in [1.165, 1.54) is 0 Å². The summed E-state index contributed by atoms with van der Waals surface area (Å²) in [6, 6.07) is 7.93. The predicted octanol–water partition coefficient (Wildman–Crippen LogP) is 3.14. The van der Waals surface area contributed by atoms with Gasteiger partial charge in [-0.1, -0.05) is 6.07 Å². The van der Waals surface area contributed by atoms with Crippen molar-refractivity contribution in [3.63, 3.8) is 0 Å². The first-order valence-corrected chi connectivity index (χ1v) is 12.5. The Kier molecular flexibility index (Phi) is 6.53. The number of amides is 1. The molecule has 0 saturated heterocycles. The lowest BCUT2D eigenvalue weighted by atomic mass is 9.94. The summed E-state index contributed by atoms with van der Waals surface area (Å²) >= 11 is 0. The van der Waals surface area contributed by atoms with Gasteiger partial charge in [0.2, 0.25) is 0 Å². The molecule has 1 N–H and O–H groups in total. The predicted molar refractivity (Wildman–Crippen MR) is 137 cm³/mol. The van der Waals surface area contributed by atoms with E-state index in [4.69, 9.17) is 9.97 Å². The maximum Gasteiger partial charge on any atom is 0.260 e. The summed E-state index contributed by atoms with van der Waals surface area (Å²) in [7, 11) is 3.87. The largest absolute Gasteiger partial charge is 0.357 e. The smallest absolute Gasteiger partial charge is 0.260 e. The number of hydrogen-bond acceptors (Lipinski definition) is 8. The fourth-order valence-corrected chi connectivity index (χ4v) is 4.89. The van der Waals surface area contributed by atoms with Crippen LogP contribution in [0.3, 0.4) is 0 Å². The van der Waals surface area contributed by atoms with Crippen LogP contribution in [0.25, 0.3) is 11.5 Å². The molecule has 188 valence electrons. The van der Waals surface area contributed by atoms with Crippen LogP contribution in [0.2, 0.25) is 0 Å². The Morgan fingerprint density at radius 2 is 1.94 bits per heavy atom. The lowest BCUT2D eigenvalue weighted by molar-refractivity contribution is -0.120. The number of aromatic nitrogens is 5. The van der Waals surface area contributed by atoms with Crippen molar-refractivity contribution in [2.75, 3.05) is 23.9 Å². The van der Waals surface area contributed by atoms with Crippen LogP contribution in [0, 0.1) is 0 Å². The Balaban J connectivity index is 1.47. The highest BCUT2D eigenvalue weighted by Gasteiger charge is 2.33. The number of fused-ring (bicyclic) bond motifs is 1. The maximum atomic E-state index is 13.6. The third-order valence-corrected chi connectivity index (χ3v) is 7.19. The molecule has 2 aliphatic rings. The molecule has 0 atom stereocenters. The van der Waals surface area contributed by atoms with E-state index in [9.17, 15) is 9.59 Å². The first-order chi connectivity index (χ1) is 17.4. The van der Waals surface area contributed by atoms with E-state index in [0.29, 0.717) is 54.6 Å². The van der Waals surface area contributed by atoms with E-state index in [0.717, 1.165) is 29.9 Å². The summed E-state index contributed by atoms with van der Waals surface area (Å²) in [5.41, 5.74) is 3.12. The Hall–Kier alpha value is -3.66. The molecule has 0 aromatic carbocycles. The second-order valence-electron chi connectivity index (χ2n) is 9.79. The first kappa shape index (κ1) is 24.1. The zero-order valence-corrected chi connectivity index (χ0v) is 21.2.